The number of para-hydroxylation sites is 1. The molecule has 3 aromatic rings. The largest absolute Gasteiger partial charge is 0.481 e. The molecule has 0 aliphatic carbocycles. The molecule has 0 saturated heterocycles. The van der Waals surface area contributed by atoms with Gasteiger partial charge in [0, 0.05) is 36.4 Å². The molecule has 0 bridgehead atoms. The number of thioether (sulfide) groups is 1. The fourth-order valence-corrected chi connectivity index (χ4v) is 6.74. The highest BCUT2D eigenvalue weighted by atomic mass is 32.2. The van der Waals surface area contributed by atoms with Gasteiger partial charge in [-0.25, -0.2) is 4.79 Å². The number of hydrogen-bond donors (Lipinski definition) is 10. The van der Waals surface area contributed by atoms with Crippen LogP contribution in [0.15, 0.2) is 60.8 Å². The normalized spacial score (nSPS) is 14.1. The Balaban J connectivity index is 1.94. The maximum absolute atomic E-state index is 14.4. The van der Waals surface area contributed by atoms with Crippen LogP contribution in [0.3, 0.4) is 0 Å². The first-order valence-electron chi connectivity index (χ1n) is 19.6. The zero-order valence-electron chi connectivity index (χ0n) is 34.1. The number of aliphatic carboxylic acids is 2. The molecule has 60 heavy (non-hydrogen) atoms. The van der Waals surface area contributed by atoms with Crippen LogP contribution in [0.5, 0.6) is 0 Å². The van der Waals surface area contributed by atoms with E-state index >= 15 is 0 Å². The van der Waals surface area contributed by atoms with Gasteiger partial charge in [0.1, 0.15) is 36.3 Å². The molecule has 0 saturated carbocycles. The lowest BCUT2D eigenvalue weighted by Gasteiger charge is -2.27. The van der Waals surface area contributed by atoms with Crippen LogP contribution in [0.1, 0.15) is 57.6 Å². The van der Waals surface area contributed by atoms with Crippen LogP contribution in [-0.4, -0.2) is 117 Å². The van der Waals surface area contributed by atoms with Crippen LogP contribution >= 0.6 is 11.8 Å². The Kier molecular flexibility index (Phi) is 19.5. The van der Waals surface area contributed by atoms with E-state index in [9.17, 15) is 48.6 Å². The SMILES string of the molecule is CSCC[C@H](NC(=O)[C@H](CCC(=O)O)NC(=O)CN)C(=O)N[C@@H](Cc1c[nH]c2ccccc12)C(=O)N[C@@H](Cc1ccccc1)C(=O)N[C@@H](C)C(=O)N[C@@H](CC(C)C)C(=O)O. The molecule has 19 heteroatoms. The van der Waals surface area contributed by atoms with E-state index in [-0.39, 0.29) is 38.0 Å². The maximum Gasteiger partial charge on any atom is 0.326 e. The molecule has 6 amide bonds. The van der Waals surface area contributed by atoms with Gasteiger partial charge in [-0.05, 0) is 61.3 Å². The molecule has 0 fully saturated rings. The predicted octanol–water partition coefficient (Wildman–Crippen LogP) is 0.589. The van der Waals surface area contributed by atoms with Gasteiger partial charge in [-0.15, -0.1) is 0 Å². The van der Waals surface area contributed by atoms with Crippen molar-refractivity contribution in [1.82, 2.24) is 36.9 Å². The Morgan fingerprint density at radius 1 is 0.667 bits per heavy atom. The third-order valence-electron chi connectivity index (χ3n) is 9.45. The summed E-state index contributed by atoms with van der Waals surface area (Å²) >= 11 is 1.39. The lowest BCUT2D eigenvalue weighted by Crippen LogP contribution is -2.60. The second kappa shape index (κ2) is 24.2. The molecule has 2 aromatic carbocycles. The van der Waals surface area contributed by atoms with Crippen LogP contribution in [0.4, 0.5) is 0 Å². The van der Waals surface area contributed by atoms with Crippen molar-refractivity contribution in [2.75, 3.05) is 18.6 Å². The molecule has 11 N–H and O–H groups in total. The Bertz CT molecular complexity index is 1960. The number of carboxylic acid groups (broad SMARTS) is 2. The van der Waals surface area contributed by atoms with E-state index < -0.39 is 96.6 Å². The number of nitrogens with one attached hydrogen (secondary N) is 7. The van der Waals surface area contributed by atoms with E-state index in [2.05, 4.69) is 36.9 Å². The van der Waals surface area contributed by atoms with E-state index in [4.69, 9.17) is 5.73 Å². The van der Waals surface area contributed by atoms with E-state index in [1.807, 2.05) is 38.1 Å². The minimum atomic E-state index is -1.33. The summed E-state index contributed by atoms with van der Waals surface area (Å²) in [6.07, 6.45) is 2.91. The van der Waals surface area contributed by atoms with Crippen molar-refractivity contribution in [1.29, 1.82) is 0 Å². The first-order chi connectivity index (χ1) is 28.5. The van der Waals surface area contributed by atoms with E-state index in [0.29, 0.717) is 16.9 Å². The van der Waals surface area contributed by atoms with Crippen LogP contribution in [-0.2, 0) is 51.2 Å². The first kappa shape index (κ1) is 48.4. The number of hydrogen-bond acceptors (Lipinski definition) is 10. The molecule has 326 valence electrons. The number of fused-ring (bicyclic) bond motifs is 1. The third-order valence-corrected chi connectivity index (χ3v) is 10.1. The summed E-state index contributed by atoms with van der Waals surface area (Å²) in [5.41, 5.74) is 7.49. The van der Waals surface area contributed by atoms with Gasteiger partial charge in [-0.3, -0.25) is 33.6 Å². The number of carboxylic acids is 2. The minimum absolute atomic E-state index is 0.0236. The first-order valence-corrected chi connectivity index (χ1v) is 21.0. The summed E-state index contributed by atoms with van der Waals surface area (Å²) < 4.78 is 0. The summed E-state index contributed by atoms with van der Waals surface area (Å²) in [7, 11) is 0. The van der Waals surface area contributed by atoms with Crippen LogP contribution in [0.25, 0.3) is 10.9 Å². The van der Waals surface area contributed by atoms with E-state index in [1.165, 1.54) is 18.7 Å². The van der Waals surface area contributed by atoms with Gasteiger partial charge in [-0.1, -0.05) is 62.4 Å². The van der Waals surface area contributed by atoms with Gasteiger partial charge in [0.2, 0.25) is 35.4 Å². The maximum atomic E-state index is 14.4. The third kappa shape index (κ3) is 15.7. The Hall–Kier alpha value is -5.95. The lowest BCUT2D eigenvalue weighted by atomic mass is 10.0. The molecule has 0 spiro atoms. The average molecular weight is 853 g/mol. The summed E-state index contributed by atoms with van der Waals surface area (Å²) in [4.78, 5) is 107. The average Bonchev–Trinajstić information content (AvgIpc) is 3.62. The van der Waals surface area contributed by atoms with Crippen molar-refractivity contribution in [3.8, 4) is 0 Å². The zero-order valence-corrected chi connectivity index (χ0v) is 34.9. The summed E-state index contributed by atoms with van der Waals surface area (Å²) in [6.45, 7) is 4.55. The number of benzene rings is 2. The van der Waals surface area contributed by atoms with E-state index in [1.54, 1.807) is 42.8 Å². The molecule has 0 aliphatic rings. The van der Waals surface area contributed by atoms with Crippen molar-refractivity contribution in [3.63, 3.8) is 0 Å². The Morgan fingerprint density at radius 2 is 1.22 bits per heavy atom. The molecule has 0 radical (unpaired) electrons. The van der Waals surface area contributed by atoms with Crippen molar-refractivity contribution >= 4 is 70.0 Å². The second-order valence-electron chi connectivity index (χ2n) is 14.7. The van der Waals surface area contributed by atoms with Crippen LogP contribution in [0.2, 0.25) is 0 Å². The van der Waals surface area contributed by atoms with Crippen molar-refractivity contribution in [2.24, 2.45) is 11.7 Å². The molecule has 0 unspecified atom stereocenters. The monoisotopic (exact) mass is 852 g/mol. The van der Waals surface area contributed by atoms with Gasteiger partial charge in [0.05, 0.1) is 6.54 Å². The number of rotatable bonds is 25. The molecule has 0 aliphatic heterocycles. The van der Waals surface area contributed by atoms with Gasteiger partial charge in [0.15, 0.2) is 0 Å². The smallest absolute Gasteiger partial charge is 0.326 e. The highest BCUT2D eigenvalue weighted by Gasteiger charge is 2.33. The molecule has 6 atom stereocenters. The number of aromatic amines is 1. The fourth-order valence-electron chi connectivity index (χ4n) is 6.27. The summed E-state index contributed by atoms with van der Waals surface area (Å²) in [5, 5.41) is 35.2. The molecular weight excluding hydrogens is 797 g/mol. The van der Waals surface area contributed by atoms with Gasteiger partial charge >= 0.3 is 11.9 Å². The molecule has 1 aromatic heterocycles. The standard InChI is InChI=1S/C41H56N8O10S/c1-23(2)18-33(41(58)59)49-36(53)24(3)44-39(56)31(19-25-10-6-5-7-11-25)47-40(57)32(20-26-22-43-28-13-9-8-12-27(26)28)48-38(55)30(16-17-60-4)46-37(54)29(14-15-35(51)52)45-34(50)21-42/h5-13,22-24,29-33,43H,14-21,42H2,1-4H3,(H,44,56)(H,45,50)(H,46,54)(H,47,57)(H,48,55)(H,49,53)(H,51,52)(H,58,59)/t24-,29-,30-,31-,32-,33-/m0/s1. The van der Waals surface area contributed by atoms with Gasteiger partial charge in [-0.2, -0.15) is 11.8 Å². The number of amides is 6. The van der Waals surface area contributed by atoms with Crippen molar-refractivity contribution in [2.45, 2.75) is 95.5 Å². The zero-order chi connectivity index (χ0) is 44.4. The number of aromatic nitrogens is 1. The highest BCUT2D eigenvalue weighted by molar-refractivity contribution is 7.98. The van der Waals surface area contributed by atoms with Crippen LogP contribution in [0, 0.1) is 5.92 Å². The number of nitrogens with two attached hydrogens (primary N) is 1. The van der Waals surface area contributed by atoms with Crippen molar-refractivity contribution in [3.05, 3.63) is 71.9 Å². The number of H-pyrrole nitrogens is 1. The molecule has 3 rings (SSSR count). The Labute approximate surface area is 352 Å². The molecular formula is C41H56N8O10S. The lowest BCUT2D eigenvalue weighted by molar-refractivity contribution is -0.142. The molecule has 1 heterocycles. The van der Waals surface area contributed by atoms with E-state index in [0.717, 1.165) is 10.9 Å². The van der Waals surface area contributed by atoms with Gasteiger partial charge in [0.25, 0.3) is 0 Å². The Morgan fingerprint density at radius 3 is 1.82 bits per heavy atom. The summed E-state index contributed by atoms with van der Waals surface area (Å²) in [6, 6.07) is 8.53. The van der Waals surface area contributed by atoms with Crippen LogP contribution < -0.4 is 37.6 Å². The molecule has 18 nitrogen and oxygen atoms in total. The highest BCUT2D eigenvalue weighted by Crippen LogP contribution is 2.20. The predicted molar refractivity (Wildman–Crippen MR) is 225 cm³/mol. The van der Waals surface area contributed by atoms with Crippen molar-refractivity contribution < 1.29 is 48.6 Å². The quantitative estimate of drug-likeness (QED) is 0.0561. The number of carbonyl (C=O) groups excluding carboxylic acids is 6. The second-order valence-corrected chi connectivity index (χ2v) is 15.7. The topological polar surface area (TPSA) is 291 Å². The van der Waals surface area contributed by atoms with Gasteiger partial charge < -0.3 is 52.8 Å². The summed E-state index contributed by atoms with van der Waals surface area (Å²) in [5.74, 6) is -6.63. The minimum Gasteiger partial charge on any atom is -0.481 e. The number of carbonyl (C=O) groups is 8. The fraction of sp³-hybridized carbons (Fsp3) is 0.463.